The molecule has 0 spiro atoms. The minimum atomic E-state index is -0.485. The van der Waals surface area contributed by atoms with Gasteiger partial charge in [0.05, 0.1) is 0 Å². The third-order valence-electron chi connectivity index (χ3n) is 4.09. The van der Waals surface area contributed by atoms with Crippen molar-refractivity contribution < 1.29 is 4.79 Å². The first-order valence-corrected chi connectivity index (χ1v) is 7.60. The van der Waals surface area contributed by atoms with Crippen LogP contribution < -0.4 is 16.4 Å². The van der Waals surface area contributed by atoms with Crippen LogP contribution in [0.1, 0.15) is 30.3 Å². The van der Waals surface area contributed by atoms with Gasteiger partial charge in [0.2, 0.25) is 0 Å². The predicted molar refractivity (Wildman–Crippen MR) is 84.3 cm³/mol. The maximum absolute atomic E-state index is 11.2. The van der Waals surface area contributed by atoms with Crippen molar-refractivity contribution in [3.63, 3.8) is 0 Å². The smallest absolute Gasteiger partial charge is 0.267 e. The molecule has 6 heteroatoms. The lowest BCUT2D eigenvalue weighted by Gasteiger charge is -2.40. The number of nitrogens with zero attached hydrogens (tertiary/aromatic N) is 3. The Hall–Kier alpha value is -1.66. The minimum Gasteiger partial charge on any atom is -0.369 e. The third kappa shape index (κ3) is 3.92. The van der Waals surface area contributed by atoms with Gasteiger partial charge < -0.3 is 16.4 Å². The highest BCUT2D eigenvalue weighted by atomic mass is 16.1. The number of anilines is 1. The van der Waals surface area contributed by atoms with Crippen LogP contribution in [0.4, 0.5) is 5.69 Å². The van der Waals surface area contributed by atoms with E-state index in [9.17, 15) is 4.79 Å². The highest BCUT2D eigenvalue weighted by Gasteiger charge is 2.22. The normalized spacial score (nSPS) is 17.7. The van der Waals surface area contributed by atoms with Gasteiger partial charge in [-0.1, -0.05) is 13.3 Å². The average Bonchev–Trinajstić information content (AvgIpc) is 2.53. The monoisotopic (exact) mass is 291 g/mol. The molecule has 1 unspecified atom stereocenters. The van der Waals surface area contributed by atoms with E-state index in [4.69, 9.17) is 11.5 Å². The Bertz CT molecular complexity index is 471. The van der Waals surface area contributed by atoms with Gasteiger partial charge in [-0.15, -0.1) is 0 Å². The number of hydrogen-bond acceptors (Lipinski definition) is 5. The van der Waals surface area contributed by atoms with Crippen LogP contribution in [0.5, 0.6) is 0 Å². The Labute approximate surface area is 126 Å². The molecule has 1 atom stereocenters. The summed E-state index contributed by atoms with van der Waals surface area (Å²) in [4.78, 5) is 19.9. The Balaban J connectivity index is 1.97. The van der Waals surface area contributed by atoms with Crippen LogP contribution in [0, 0.1) is 0 Å². The Morgan fingerprint density at radius 1 is 1.38 bits per heavy atom. The van der Waals surface area contributed by atoms with Crippen molar-refractivity contribution in [1.29, 1.82) is 0 Å². The van der Waals surface area contributed by atoms with Crippen LogP contribution in [-0.2, 0) is 0 Å². The molecule has 0 radical (unpaired) electrons. The summed E-state index contributed by atoms with van der Waals surface area (Å²) in [5.74, 6) is -0.485. The van der Waals surface area contributed by atoms with E-state index in [2.05, 4.69) is 21.7 Å². The number of hydrogen-bond donors (Lipinski definition) is 2. The minimum absolute atomic E-state index is 0.320. The molecule has 1 aromatic rings. The number of nitrogens with two attached hydrogens (primary N) is 2. The maximum Gasteiger partial charge on any atom is 0.267 e. The van der Waals surface area contributed by atoms with Crippen LogP contribution in [0.25, 0.3) is 0 Å². The van der Waals surface area contributed by atoms with Crippen LogP contribution in [0.2, 0.25) is 0 Å². The van der Waals surface area contributed by atoms with E-state index in [0.29, 0.717) is 11.7 Å². The fraction of sp³-hybridized carbons (Fsp3) is 0.600. The number of carbonyl (C=O) groups excluding carboxylic acids is 1. The molecule has 1 aromatic heterocycles. The van der Waals surface area contributed by atoms with Crippen molar-refractivity contribution in [2.45, 2.75) is 25.8 Å². The first-order valence-electron chi connectivity index (χ1n) is 7.60. The van der Waals surface area contributed by atoms with E-state index in [0.717, 1.165) is 51.3 Å². The second-order valence-corrected chi connectivity index (χ2v) is 5.46. The molecule has 0 aliphatic carbocycles. The van der Waals surface area contributed by atoms with Gasteiger partial charge in [0.15, 0.2) is 0 Å². The third-order valence-corrected chi connectivity index (χ3v) is 4.09. The van der Waals surface area contributed by atoms with Crippen LogP contribution in [0.15, 0.2) is 18.3 Å². The van der Waals surface area contributed by atoms with Crippen LogP contribution in [0.3, 0.4) is 0 Å². The molecule has 116 valence electrons. The summed E-state index contributed by atoms with van der Waals surface area (Å²) < 4.78 is 0. The quantitative estimate of drug-likeness (QED) is 0.793. The topological polar surface area (TPSA) is 88.5 Å². The lowest BCUT2D eigenvalue weighted by molar-refractivity contribution is 0.0995. The maximum atomic E-state index is 11.2. The average molecular weight is 291 g/mol. The molecule has 1 amide bonds. The van der Waals surface area contributed by atoms with Gasteiger partial charge in [-0.05, 0) is 18.6 Å². The summed E-state index contributed by atoms with van der Waals surface area (Å²) in [5, 5.41) is 0. The van der Waals surface area contributed by atoms with Gasteiger partial charge in [0.1, 0.15) is 5.69 Å². The molecule has 6 nitrogen and oxygen atoms in total. The highest BCUT2D eigenvalue weighted by molar-refractivity contribution is 5.91. The number of pyridine rings is 1. The van der Waals surface area contributed by atoms with Crippen molar-refractivity contribution in [2.24, 2.45) is 11.5 Å². The second-order valence-electron chi connectivity index (χ2n) is 5.46. The Morgan fingerprint density at radius 3 is 2.67 bits per heavy atom. The van der Waals surface area contributed by atoms with Gasteiger partial charge >= 0.3 is 0 Å². The molecule has 1 saturated heterocycles. The molecule has 2 heterocycles. The molecule has 1 aliphatic rings. The summed E-state index contributed by atoms with van der Waals surface area (Å²) in [6.45, 7) is 6.77. The molecule has 4 N–H and O–H groups in total. The van der Waals surface area contributed by atoms with Gasteiger partial charge in [0, 0.05) is 50.6 Å². The molecular formula is C15H25N5O. The fourth-order valence-electron chi connectivity index (χ4n) is 2.88. The summed E-state index contributed by atoms with van der Waals surface area (Å²) in [6.07, 6.45) is 3.95. The lowest BCUT2D eigenvalue weighted by Crippen LogP contribution is -2.52. The molecule has 21 heavy (non-hydrogen) atoms. The molecule has 0 saturated carbocycles. The van der Waals surface area contributed by atoms with Crippen LogP contribution in [-0.4, -0.2) is 54.6 Å². The summed E-state index contributed by atoms with van der Waals surface area (Å²) >= 11 is 0. The van der Waals surface area contributed by atoms with Crippen LogP contribution >= 0.6 is 0 Å². The zero-order valence-corrected chi connectivity index (χ0v) is 12.7. The molecule has 1 aliphatic heterocycles. The van der Waals surface area contributed by atoms with E-state index in [1.807, 2.05) is 6.07 Å². The van der Waals surface area contributed by atoms with Crippen molar-refractivity contribution >= 4 is 11.6 Å². The van der Waals surface area contributed by atoms with Gasteiger partial charge in [-0.3, -0.25) is 14.7 Å². The van der Waals surface area contributed by atoms with E-state index in [1.54, 1.807) is 12.3 Å². The van der Waals surface area contributed by atoms with E-state index in [-0.39, 0.29) is 0 Å². The van der Waals surface area contributed by atoms with Gasteiger partial charge in [-0.25, -0.2) is 0 Å². The summed E-state index contributed by atoms with van der Waals surface area (Å²) in [6, 6.07) is 4.18. The summed E-state index contributed by atoms with van der Waals surface area (Å²) in [7, 11) is 0. The molecule has 0 bridgehead atoms. The number of piperazine rings is 1. The standard InChI is InChI=1S/C15H25N5O/c1-2-3-13(11-16)20-8-6-19(7-9-20)12-4-5-18-14(10-12)15(17)21/h4-5,10,13H,2-3,6-9,11,16H2,1H3,(H2,17,21). The lowest BCUT2D eigenvalue weighted by atomic mass is 10.1. The molecule has 2 rings (SSSR count). The van der Waals surface area contributed by atoms with E-state index < -0.39 is 5.91 Å². The van der Waals surface area contributed by atoms with E-state index in [1.165, 1.54) is 0 Å². The van der Waals surface area contributed by atoms with Gasteiger partial charge in [-0.2, -0.15) is 0 Å². The SMILES string of the molecule is CCCC(CN)N1CCN(c2ccnc(C(N)=O)c2)CC1. The second kappa shape index (κ2) is 7.38. The molecule has 0 aromatic carbocycles. The van der Waals surface area contributed by atoms with Crippen molar-refractivity contribution in [3.8, 4) is 0 Å². The van der Waals surface area contributed by atoms with Crippen molar-refractivity contribution in [2.75, 3.05) is 37.6 Å². The molecular weight excluding hydrogens is 266 g/mol. The van der Waals surface area contributed by atoms with Crippen molar-refractivity contribution in [1.82, 2.24) is 9.88 Å². The van der Waals surface area contributed by atoms with E-state index >= 15 is 0 Å². The Kier molecular flexibility index (Phi) is 5.52. The van der Waals surface area contributed by atoms with Gasteiger partial charge in [0.25, 0.3) is 5.91 Å². The largest absolute Gasteiger partial charge is 0.369 e. The number of primary amides is 1. The zero-order valence-electron chi connectivity index (χ0n) is 12.7. The number of amides is 1. The highest BCUT2D eigenvalue weighted by Crippen LogP contribution is 2.18. The number of aromatic nitrogens is 1. The first-order chi connectivity index (χ1) is 10.2. The first kappa shape index (κ1) is 15.7. The molecule has 1 fully saturated rings. The van der Waals surface area contributed by atoms with Crippen molar-refractivity contribution in [3.05, 3.63) is 24.0 Å². The number of carbonyl (C=O) groups is 1. The number of rotatable bonds is 6. The zero-order chi connectivity index (χ0) is 15.2. The predicted octanol–water partition coefficient (Wildman–Crippen LogP) is 0.430. The Morgan fingerprint density at radius 2 is 2.10 bits per heavy atom. The summed E-state index contributed by atoms with van der Waals surface area (Å²) in [5.41, 5.74) is 12.5. The fourth-order valence-corrected chi connectivity index (χ4v) is 2.88.